The van der Waals surface area contributed by atoms with E-state index in [1.165, 1.54) is 30.3 Å². The van der Waals surface area contributed by atoms with Gasteiger partial charge in [-0.2, -0.15) is 0 Å². The molecule has 0 unspecified atom stereocenters. The van der Waals surface area contributed by atoms with Crippen LogP contribution in [-0.2, 0) is 14.8 Å². The highest BCUT2D eigenvalue weighted by Crippen LogP contribution is 2.23. The summed E-state index contributed by atoms with van der Waals surface area (Å²) in [5.74, 6) is -1.09. The minimum Gasteiger partial charge on any atom is -0.394 e. The van der Waals surface area contributed by atoms with Gasteiger partial charge >= 0.3 is 0 Å². The zero-order chi connectivity index (χ0) is 21.6. The van der Waals surface area contributed by atoms with Gasteiger partial charge in [-0.05, 0) is 43.5 Å². The Bertz CT molecular complexity index is 955. The van der Waals surface area contributed by atoms with E-state index in [0.29, 0.717) is 19.3 Å². The zero-order valence-electron chi connectivity index (χ0n) is 16.3. The molecular formula is C21H25FN2O5S. The molecule has 0 saturated carbocycles. The van der Waals surface area contributed by atoms with Crippen LogP contribution in [0.3, 0.4) is 0 Å². The highest BCUT2D eigenvalue weighted by molar-refractivity contribution is 7.89. The van der Waals surface area contributed by atoms with E-state index in [2.05, 4.69) is 10.0 Å². The number of carbonyl (C=O) groups is 1. The molecule has 3 atom stereocenters. The van der Waals surface area contributed by atoms with Crippen LogP contribution in [0.2, 0.25) is 0 Å². The molecule has 0 aliphatic carbocycles. The second-order valence-electron chi connectivity index (χ2n) is 7.12. The minimum atomic E-state index is -3.72. The van der Waals surface area contributed by atoms with E-state index in [1.807, 2.05) is 0 Å². The van der Waals surface area contributed by atoms with Gasteiger partial charge in [-0.1, -0.05) is 30.3 Å². The molecule has 0 radical (unpaired) electrons. The second-order valence-corrected chi connectivity index (χ2v) is 8.84. The van der Waals surface area contributed by atoms with Gasteiger partial charge in [0.15, 0.2) is 0 Å². The Hall–Kier alpha value is -2.33. The van der Waals surface area contributed by atoms with E-state index < -0.39 is 33.9 Å². The number of sulfonamides is 1. The predicted molar refractivity (Wildman–Crippen MR) is 109 cm³/mol. The van der Waals surface area contributed by atoms with Crippen molar-refractivity contribution in [3.63, 3.8) is 0 Å². The van der Waals surface area contributed by atoms with E-state index in [1.54, 1.807) is 24.3 Å². The van der Waals surface area contributed by atoms with Gasteiger partial charge in [0.1, 0.15) is 5.82 Å². The lowest BCUT2D eigenvalue weighted by molar-refractivity contribution is -0.0871. The van der Waals surface area contributed by atoms with E-state index in [4.69, 9.17) is 4.74 Å². The number of hydrogen-bond donors (Lipinski definition) is 3. The van der Waals surface area contributed by atoms with Crippen molar-refractivity contribution < 1.29 is 27.4 Å². The van der Waals surface area contributed by atoms with Crippen molar-refractivity contribution in [3.8, 4) is 0 Å². The summed E-state index contributed by atoms with van der Waals surface area (Å²) in [5, 5.41) is 12.3. The summed E-state index contributed by atoms with van der Waals surface area (Å²) in [6.07, 6.45) is 0.580. The lowest BCUT2D eigenvalue weighted by Crippen LogP contribution is -2.51. The van der Waals surface area contributed by atoms with Gasteiger partial charge in [0.2, 0.25) is 10.0 Å². The summed E-state index contributed by atoms with van der Waals surface area (Å²) in [4.78, 5) is 12.2. The van der Waals surface area contributed by atoms with Gasteiger partial charge < -0.3 is 15.2 Å². The molecule has 1 fully saturated rings. The van der Waals surface area contributed by atoms with E-state index in [0.717, 1.165) is 0 Å². The van der Waals surface area contributed by atoms with Gasteiger partial charge in [-0.3, -0.25) is 4.79 Å². The van der Waals surface area contributed by atoms with Crippen molar-refractivity contribution in [2.75, 3.05) is 13.2 Å². The Morgan fingerprint density at radius 2 is 1.80 bits per heavy atom. The molecule has 30 heavy (non-hydrogen) atoms. The molecule has 1 saturated heterocycles. The number of nitrogens with one attached hydrogen (secondary N) is 2. The summed E-state index contributed by atoms with van der Waals surface area (Å²) >= 11 is 0. The summed E-state index contributed by atoms with van der Waals surface area (Å²) in [6.45, 7) is -0.0591. The maximum Gasteiger partial charge on any atom is 0.254 e. The van der Waals surface area contributed by atoms with Crippen LogP contribution in [0.4, 0.5) is 4.39 Å². The smallest absolute Gasteiger partial charge is 0.254 e. The summed E-state index contributed by atoms with van der Waals surface area (Å²) in [6, 6.07) is 13.2. The number of aliphatic hydroxyl groups is 1. The summed E-state index contributed by atoms with van der Waals surface area (Å²) in [5.41, 5.74) is -0.0225. The van der Waals surface area contributed by atoms with Gasteiger partial charge in [-0.15, -0.1) is 0 Å². The fourth-order valence-electron chi connectivity index (χ4n) is 3.43. The molecule has 0 aromatic heterocycles. The maximum atomic E-state index is 13.7. The first kappa shape index (κ1) is 22.4. The first-order valence-corrected chi connectivity index (χ1v) is 11.3. The van der Waals surface area contributed by atoms with Crippen LogP contribution in [0, 0.1) is 5.82 Å². The highest BCUT2D eigenvalue weighted by atomic mass is 32.2. The topological polar surface area (TPSA) is 105 Å². The van der Waals surface area contributed by atoms with Gasteiger partial charge in [0.05, 0.1) is 35.3 Å². The number of amides is 1. The summed E-state index contributed by atoms with van der Waals surface area (Å²) < 4.78 is 47.2. The number of ether oxygens (including phenoxy) is 1. The quantitative estimate of drug-likeness (QED) is 0.586. The molecule has 1 aliphatic rings. The molecular weight excluding hydrogens is 411 g/mol. The van der Waals surface area contributed by atoms with Crippen molar-refractivity contribution in [2.24, 2.45) is 0 Å². The maximum absolute atomic E-state index is 13.7. The minimum absolute atomic E-state index is 0.0225. The number of carbonyl (C=O) groups excluding carboxylic acids is 1. The van der Waals surface area contributed by atoms with E-state index in [-0.39, 0.29) is 29.7 Å². The molecule has 3 N–H and O–H groups in total. The van der Waals surface area contributed by atoms with Crippen LogP contribution in [0.15, 0.2) is 59.5 Å². The van der Waals surface area contributed by atoms with Crippen LogP contribution in [0.5, 0.6) is 0 Å². The predicted octanol–water partition coefficient (Wildman–Crippen LogP) is 1.83. The highest BCUT2D eigenvalue weighted by Gasteiger charge is 2.33. The van der Waals surface area contributed by atoms with Crippen LogP contribution in [0.25, 0.3) is 0 Å². The lowest BCUT2D eigenvalue weighted by Gasteiger charge is -2.36. The average Bonchev–Trinajstić information content (AvgIpc) is 2.75. The molecule has 1 aliphatic heterocycles. The Kier molecular flexibility index (Phi) is 7.54. The van der Waals surface area contributed by atoms with E-state index >= 15 is 0 Å². The lowest BCUT2D eigenvalue weighted by atomic mass is 9.98. The van der Waals surface area contributed by atoms with Crippen molar-refractivity contribution in [3.05, 3.63) is 66.0 Å². The standard InChI is InChI=1S/C21H25FN2O5S/c22-18-9-5-4-8-17(18)21(26)23-13-12-15-10-11-19(20(14-25)29-15)24-30(27,28)16-6-2-1-3-7-16/h1-9,15,19-20,24-25H,10-14H2,(H,23,26)/t15-,19+,20+/m1/s1. The number of benzene rings is 2. The molecule has 1 amide bonds. The van der Waals surface area contributed by atoms with Gasteiger partial charge in [-0.25, -0.2) is 17.5 Å². The Balaban J connectivity index is 1.51. The van der Waals surface area contributed by atoms with Crippen LogP contribution < -0.4 is 10.0 Å². The molecule has 0 bridgehead atoms. The fraction of sp³-hybridized carbons (Fsp3) is 0.381. The number of halogens is 1. The molecule has 1 heterocycles. The molecule has 2 aromatic rings. The Labute approximate surface area is 175 Å². The Morgan fingerprint density at radius 3 is 2.50 bits per heavy atom. The molecule has 2 aromatic carbocycles. The van der Waals surface area contributed by atoms with E-state index in [9.17, 15) is 22.7 Å². The van der Waals surface area contributed by atoms with Crippen LogP contribution >= 0.6 is 0 Å². The second kappa shape index (κ2) is 10.1. The monoisotopic (exact) mass is 436 g/mol. The van der Waals surface area contributed by atoms with Crippen molar-refractivity contribution >= 4 is 15.9 Å². The van der Waals surface area contributed by atoms with Crippen LogP contribution in [-0.4, -0.2) is 50.8 Å². The average molecular weight is 437 g/mol. The first-order valence-electron chi connectivity index (χ1n) is 9.77. The largest absolute Gasteiger partial charge is 0.394 e. The molecule has 7 nitrogen and oxygen atoms in total. The fourth-order valence-corrected chi connectivity index (χ4v) is 4.75. The van der Waals surface area contributed by atoms with Gasteiger partial charge in [0, 0.05) is 6.54 Å². The third-order valence-corrected chi connectivity index (χ3v) is 6.53. The first-order chi connectivity index (χ1) is 14.4. The van der Waals surface area contributed by atoms with Crippen molar-refractivity contribution in [1.29, 1.82) is 0 Å². The molecule has 3 rings (SSSR count). The summed E-state index contributed by atoms with van der Waals surface area (Å²) in [7, 11) is -3.72. The van der Waals surface area contributed by atoms with Crippen molar-refractivity contribution in [2.45, 2.75) is 42.4 Å². The number of rotatable bonds is 8. The van der Waals surface area contributed by atoms with Crippen LogP contribution in [0.1, 0.15) is 29.6 Å². The molecule has 9 heteroatoms. The SMILES string of the molecule is O=C(NCC[C@H]1CC[C@H](NS(=O)(=O)c2ccccc2)[C@H](CO)O1)c1ccccc1F. The molecule has 0 spiro atoms. The normalized spacial score (nSPS) is 21.9. The van der Waals surface area contributed by atoms with Crippen molar-refractivity contribution in [1.82, 2.24) is 10.0 Å². The zero-order valence-corrected chi connectivity index (χ0v) is 17.1. The van der Waals surface area contributed by atoms with Gasteiger partial charge in [0.25, 0.3) is 5.91 Å². The number of hydrogen-bond acceptors (Lipinski definition) is 5. The Morgan fingerprint density at radius 1 is 1.10 bits per heavy atom. The molecule has 162 valence electrons. The third kappa shape index (κ3) is 5.63. The number of aliphatic hydroxyl groups excluding tert-OH is 1. The third-order valence-electron chi connectivity index (χ3n) is 5.03.